The molecule has 0 saturated carbocycles. The molecule has 0 aliphatic rings. The second-order valence-corrected chi connectivity index (χ2v) is 4.79. The first-order valence-electron chi connectivity index (χ1n) is 7.43. The van der Waals surface area contributed by atoms with Gasteiger partial charge in [-0.25, -0.2) is 0 Å². The Labute approximate surface area is 134 Å². The Morgan fingerprint density at radius 3 is 2.43 bits per heavy atom. The van der Waals surface area contributed by atoms with Crippen molar-refractivity contribution in [1.29, 1.82) is 0 Å². The van der Waals surface area contributed by atoms with Gasteiger partial charge >= 0.3 is 0 Å². The highest BCUT2D eigenvalue weighted by molar-refractivity contribution is 5.94. The number of carbonyl (C=O) groups excluding carboxylic acids is 1. The van der Waals surface area contributed by atoms with Gasteiger partial charge in [-0.1, -0.05) is 19.8 Å². The Morgan fingerprint density at radius 2 is 1.81 bits per heavy atom. The number of amides is 1. The standard InChI is InChI=1S/C16H26N2O2.ClH/c1-3-4-5-13-20-15-9-7-14(8-10-15)16(19)18-12-6-11-17-2;/h7-10,17H,3-6,11-13H2,1-2H3,(H,18,19);1H. The van der Waals surface area contributed by atoms with Crippen molar-refractivity contribution in [2.75, 3.05) is 26.7 Å². The van der Waals surface area contributed by atoms with E-state index in [1.165, 1.54) is 12.8 Å². The topological polar surface area (TPSA) is 50.4 Å². The van der Waals surface area contributed by atoms with Gasteiger partial charge in [0.1, 0.15) is 5.75 Å². The predicted octanol–water partition coefficient (Wildman–Crippen LogP) is 3.02. The van der Waals surface area contributed by atoms with Crippen molar-refractivity contribution in [1.82, 2.24) is 10.6 Å². The lowest BCUT2D eigenvalue weighted by molar-refractivity contribution is 0.0953. The van der Waals surface area contributed by atoms with E-state index in [0.29, 0.717) is 12.1 Å². The fourth-order valence-corrected chi connectivity index (χ4v) is 1.81. The molecule has 1 aromatic rings. The Hall–Kier alpha value is -1.26. The minimum absolute atomic E-state index is 0. The van der Waals surface area contributed by atoms with Gasteiger partial charge in [-0.3, -0.25) is 4.79 Å². The third-order valence-electron chi connectivity index (χ3n) is 3.02. The summed E-state index contributed by atoms with van der Waals surface area (Å²) in [5.74, 6) is 0.798. The number of benzene rings is 1. The fraction of sp³-hybridized carbons (Fsp3) is 0.562. The molecule has 0 unspecified atom stereocenters. The van der Waals surface area contributed by atoms with Crippen LogP contribution >= 0.6 is 12.4 Å². The maximum atomic E-state index is 11.8. The van der Waals surface area contributed by atoms with E-state index in [0.717, 1.165) is 31.7 Å². The zero-order chi connectivity index (χ0) is 14.6. The van der Waals surface area contributed by atoms with Crippen molar-refractivity contribution < 1.29 is 9.53 Å². The van der Waals surface area contributed by atoms with Crippen LogP contribution in [0.15, 0.2) is 24.3 Å². The van der Waals surface area contributed by atoms with Gasteiger partial charge in [0.2, 0.25) is 0 Å². The van der Waals surface area contributed by atoms with Gasteiger partial charge in [0, 0.05) is 12.1 Å². The van der Waals surface area contributed by atoms with Crippen LogP contribution < -0.4 is 15.4 Å². The SMILES string of the molecule is CCCCCOc1ccc(C(=O)NCCCNC)cc1.Cl. The maximum Gasteiger partial charge on any atom is 0.251 e. The van der Waals surface area contributed by atoms with E-state index in [9.17, 15) is 4.79 Å². The van der Waals surface area contributed by atoms with Crippen molar-refractivity contribution >= 4 is 18.3 Å². The second-order valence-electron chi connectivity index (χ2n) is 4.79. The Morgan fingerprint density at radius 1 is 1.10 bits per heavy atom. The Balaban J connectivity index is 0.00000400. The predicted molar refractivity (Wildman–Crippen MR) is 89.6 cm³/mol. The summed E-state index contributed by atoms with van der Waals surface area (Å²) >= 11 is 0. The molecule has 0 radical (unpaired) electrons. The van der Waals surface area contributed by atoms with Crippen molar-refractivity contribution in [3.8, 4) is 5.75 Å². The van der Waals surface area contributed by atoms with Gasteiger partial charge in [-0.05, 0) is 50.7 Å². The highest BCUT2D eigenvalue weighted by Crippen LogP contribution is 2.12. The molecule has 0 aliphatic carbocycles. The van der Waals surface area contributed by atoms with Crippen LogP contribution in [-0.4, -0.2) is 32.7 Å². The normalized spacial score (nSPS) is 9.81. The minimum Gasteiger partial charge on any atom is -0.494 e. The quantitative estimate of drug-likeness (QED) is 0.653. The lowest BCUT2D eigenvalue weighted by atomic mass is 10.2. The summed E-state index contributed by atoms with van der Waals surface area (Å²) in [4.78, 5) is 11.8. The summed E-state index contributed by atoms with van der Waals surface area (Å²) in [5, 5.41) is 5.94. The molecule has 1 rings (SSSR count). The molecule has 0 aliphatic heterocycles. The third-order valence-corrected chi connectivity index (χ3v) is 3.02. The molecule has 0 spiro atoms. The zero-order valence-electron chi connectivity index (χ0n) is 13.0. The van der Waals surface area contributed by atoms with E-state index in [1.54, 1.807) is 0 Å². The lowest BCUT2D eigenvalue weighted by Crippen LogP contribution is -2.26. The summed E-state index contributed by atoms with van der Waals surface area (Å²) in [6.45, 7) is 4.51. The monoisotopic (exact) mass is 314 g/mol. The summed E-state index contributed by atoms with van der Waals surface area (Å²) in [6, 6.07) is 7.33. The third kappa shape index (κ3) is 8.58. The second kappa shape index (κ2) is 12.5. The molecule has 0 aromatic heterocycles. The minimum atomic E-state index is -0.0290. The van der Waals surface area contributed by atoms with Crippen LogP contribution in [0, 0.1) is 0 Å². The van der Waals surface area contributed by atoms with Crippen LogP contribution in [0.2, 0.25) is 0 Å². The first-order chi connectivity index (χ1) is 9.77. The lowest BCUT2D eigenvalue weighted by Gasteiger charge is -2.08. The number of nitrogens with one attached hydrogen (secondary N) is 2. The molecule has 1 aromatic carbocycles. The molecule has 0 heterocycles. The van der Waals surface area contributed by atoms with Crippen LogP contribution in [0.4, 0.5) is 0 Å². The molecule has 4 nitrogen and oxygen atoms in total. The molecule has 0 fully saturated rings. The molecule has 21 heavy (non-hydrogen) atoms. The van der Waals surface area contributed by atoms with Crippen molar-refractivity contribution in [3.63, 3.8) is 0 Å². The molecule has 1 amide bonds. The average Bonchev–Trinajstić information content (AvgIpc) is 2.48. The van der Waals surface area contributed by atoms with E-state index >= 15 is 0 Å². The molecular formula is C16H27ClN2O2. The van der Waals surface area contributed by atoms with E-state index < -0.39 is 0 Å². The first-order valence-corrected chi connectivity index (χ1v) is 7.43. The number of rotatable bonds is 10. The zero-order valence-corrected chi connectivity index (χ0v) is 13.8. The maximum absolute atomic E-state index is 11.8. The van der Waals surface area contributed by atoms with E-state index in [-0.39, 0.29) is 18.3 Å². The first kappa shape index (κ1) is 19.7. The number of unbranched alkanes of at least 4 members (excludes halogenated alkanes) is 2. The Kier molecular flexibility index (Phi) is 11.7. The molecule has 0 saturated heterocycles. The van der Waals surface area contributed by atoms with E-state index in [4.69, 9.17) is 4.74 Å². The van der Waals surface area contributed by atoms with Crippen molar-refractivity contribution in [3.05, 3.63) is 29.8 Å². The summed E-state index contributed by atoms with van der Waals surface area (Å²) in [6.07, 6.45) is 4.38. The highest BCUT2D eigenvalue weighted by Gasteiger charge is 2.04. The summed E-state index contributed by atoms with van der Waals surface area (Å²) in [7, 11) is 1.90. The summed E-state index contributed by atoms with van der Waals surface area (Å²) in [5.41, 5.74) is 0.676. The van der Waals surface area contributed by atoms with Crippen LogP contribution in [0.3, 0.4) is 0 Å². The van der Waals surface area contributed by atoms with Crippen LogP contribution in [0.25, 0.3) is 0 Å². The van der Waals surface area contributed by atoms with Crippen molar-refractivity contribution in [2.45, 2.75) is 32.6 Å². The fourth-order valence-electron chi connectivity index (χ4n) is 1.81. The number of carbonyl (C=O) groups is 1. The summed E-state index contributed by atoms with van der Waals surface area (Å²) < 4.78 is 5.62. The molecule has 0 atom stereocenters. The van der Waals surface area contributed by atoms with Gasteiger partial charge in [0.05, 0.1) is 6.61 Å². The Bertz CT molecular complexity index is 382. The number of halogens is 1. The molecule has 2 N–H and O–H groups in total. The average molecular weight is 315 g/mol. The molecular weight excluding hydrogens is 288 g/mol. The molecule has 120 valence electrons. The number of hydrogen-bond acceptors (Lipinski definition) is 3. The van der Waals surface area contributed by atoms with Gasteiger partial charge in [-0.2, -0.15) is 0 Å². The van der Waals surface area contributed by atoms with Crippen LogP contribution in [-0.2, 0) is 0 Å². The smallest absolute Gasteiger partial charge is 0.251 e. The largest absolute Gasteiger partial charge is 0.494 e. The van der Waals surface area contributed by atoms with Gasteiger partial charge in [0.25, 0.3) is 5.91 Å². The molecule has 0 bridgehead atoms. The van der Waals surface area contributed by atoms with E-state index in [2.05, 4.69) is 17.6 Å². The van der Waals surface area contributed by atoms with Crippen LogP contribution in [0.5, 0.6) is 5.75 Å². The van der Waals surface area contributed by atoms with Gasteiger partial charge in [0.15, 0.2) is 0 Å². The van der Waals surface area contributed by atoms with Gasteiger partial charge in [-0.15, -0.1) is 12.4 Å². The highest BCUT2D eigenvalue weighted by atomic mass is 35.5. The van der Waals surface area contributed by atoms with Crippen LogP contribution in [0.1, 0.15) is 43.0 Å². The van der Waals surface area contributed by atoms with E-state index in [1.807, 2.05) is 31.3 Å². The van der Waals surface area contributed by atoms with Gasteiger partial charge < -0.3 is 15.4 Å². The van der Waals surface area contributed by atoms with Crippen molar-refractivity contribution in [2.24, 2.45) is 0 Å². The number of ether oxygens (including phenoxy) is 1. The number of hydrogen-bond donors (Lipinski definition) is 2. The molecule has 5 heteroatoms.